The van der Waals surface area contributed by atoms with Gasteiger partial charge in [0.2, 0.25) is 0 Å². The Balaban J connectivity index is 1.50. The molecule has 1 aromatic heterocycles. The normalized spacial score (nSPS) is 15.0. The van der Waals surface area contributed by atoms with E-state index in [9.17, 15) is 9.59 Å². The molecule has 0 saturated carbocycles. The minimum absolute atomic E-state index is 0.0209. The van der Waals surface area contributed by atoms with Gasteiger partial charge in [0.25, 0.3) is 11.8 Å². The van der Waals surface area contributed by atoms with Crippen molar-refractivity contribution in [3.05, 3.63) is 59.4 Å². The zero-order chi connectivity index (χ0) is 21.7. The van der Waals surface area contributed by atoms with E-state index in [1.807, 2.05) is 17.0 Å². The Bertz CT molecular complexity index is 882. The van der Waals surface area contributed by atoms with Crippen molar-refractivity contribution in [3.8, 4) is 5.75 Å². The summed E-state index contributed by atoms with van der Waals surface area (Å²) in [5.41, 5.74) is 2.77. The maximum atomic E-state index is 12.7. The first kappa shape index (κ1) is 21.8. The van der Waals surface area contributed by atoms with Crippen LogP contribution in [0.4, 0.5) is 0 Å². The molecule has 3 rings (SSSR count). The summed E-state index contributed by atoms with van der Waals surface area (Å²) in [5, 5.41) is 3.03. The van der Waals surface area contributed by atoms with Gasteiger partial charge < -0.3 is 15.0 Å². The van der Waals surface area contributed by atoms with Crippen LogP contribution in [-0.2, 0) is 10.2 Å². The molecule has 2 amide bonds. The predicted molar refractivity (Wildman–Crippen MR) is 117 cm³/mol. The number of hydrogen-bond donors (Lipinski definition) is 1. The van der Waals surface area contributed by atoms with Gasteiger partial charge in [0.05, 0.1) is 5.56 Å². The first-order valence-electron chi connectivity index (χ1n) is 10.5. The van der Waals surface area contributed by atoms with E-state index in [1.54, 1.807) is 24.5 Å². The maximum absolute atomic E-state index is 12.7. The van der Waals surface area contributed by atoms with Gasteiger partial charge in [0.15, 0.2) is 6.61 Å². The highest BCUT2D eigenvalue weighted by Gasteiger charge is 2.25. The number of amides is 2. The Morgan fingerprint density at radius 2 is 1.93 bits per heavy atom. The zero-order valence-corrected chi connectivity index (χ0v) is 18.3. The van der Waals surface area contributed by atoms with Gasteiger partial charge in [-0.05, 0) is 48.9 Å². The minimum atomic E-state index is -0.120. The van der Waals surface area contributed by atoms with Crippen LogP contribution in [0.25, 0.3) is 0 Å². The number of rotatable bonds is 5. The van der Waals surface area contributed by atoms with Gasteiger partial charge in [-0.1, -0.05) is 38.5 Å². The molecular formula is C24H31N3O3. The number of hydrogen-bond acceptors (Lipinski definition) is 4. The van der Waals surface area contributed by atoms with Crippen LogP contribution in [0.1, 0.15) is 55.1 Å². The monoisotopic (exact) mass is 409 g/mol. The van der Waals surface area contributed by atoms with E-state index in [0.29, 0.717) is 18.7 Å². The molecule has 0 aliphatic carbocycles. The van der Waals surface area contributed by atoms with Gasteiger partial charge in [-0.3, -0.25) is 14.6 Å². The molecule has 1 aliphatic rings. The van der Waals surface area contributed by atoms with Crippen molar-refractivity contribution < 1.29 is 14.3 Å². The molecule has 30 heavy (non-hydrogen) atoms. The van der Waals surface area contributed by atoms with Crippen molar-refractivity contribution in [1.29, 1.82) is 0 Å². The van der Waals surface area contributed by atoms with Crippen LogP contribution < -0.4 is 10.1 Å². The molecule has 2 aromatic rings. The fourth-order valence-electron chi connectivity index (χ4n) is 3.63. The van der Waals surface area contributed by atoms with Crippen LogP contribution >= 0.6 is 0 Å². The van der Waals surface area contributed by atoms with Gasteiger partial charge in [-0.25, -0.2) is 0 Å². The molecule has 160 valence electrons. The molecule has 0 radical (unpaired) electrons. The minimum Gasteiger partial charge on any atom is -0.483 e. The van der Waals surface area contributed by atoms with Crippen molar-refractivity contribution >= 4 is 11.8 Å². The number of aryl methyl sites for hydroxylation is 1. The summed E-state index contributed by atoms with van der Waals surface area (Å²) in [6.07, 6.45) is 4.66. The van der Waals surface area contributed by atoms with E-state index < -0.39 is 0 Å². The highest BCUT2D eigenvalue weighted by atomic mass is 16.5. The first-order valence-corrected chi connectivity index (χ1v) is 10.5. The highest BCUT2D eigenvalue weighted by Crippen LogP contribution is 2.32. The lowest BCUT2D eigenvalue weighted by Gasteiger charge is -2.32. The summed E-state index contributed by atoms with van der Waals surface area (Å²) in [6.45, 7) is 9.73. The Morgan fingerprint density at radius 3 is 2.57 bits per heavy atom. The van der Waals surface area contributed by atoms with Gasteiger partial charge in [0, 0.05) is 31.5 Å². The third-order valence-electron chi connectivity index (χ3n) is 5.40. The molecule has 0 unspecified atom stereocenters. The van der Waals surface area contributed by atoms with E-state index >= 15 is 0 Å². The van der Waals surface area contributed by atoms with E-state index in [0.717, 1.165) is 24.2 Å². The van der Waals surface area contributed by atoms with Gasteiger partial charge >= 0.3 is 0 Å². The lowest BCUT2D eigenvalue weighted by atomic mass is 9.85. The second kappa shape index (κ2) is 9.28. The topological polar surface area (TPSA) is 71.5 Å². The van der Waals surface area contributed by atoms with E-state index in [4.69, 9.17) is 4.74 Å². The number of piperidine rings is 1. The second-order valence-electron chi connectivity index (χ2n) is 8.91. The molecule has 1 aliphatic heterocycles. The summed E-state index contributed by atoms with van der Waals surface area (Å²) in [7, 11) is 0. The number of benzene rings is 1. The Hall–Kier alpha value is -2.89. The van der Waals surface area contributed by atoms with Crippen molar-refractivity contribution in [2.75, 3.05) is 19.7 Å². The molecule has 1 fully saturated rings. The number of nitrogens with zero attached hydrogens (tertiary/aromatic N) is 2. The number of likely N-dealkylation sites (tertiary alicyclic amines) is 1. The predicted octanol–water partition coefficient (Wildman–Crippen LogP) is 3.49. The quantitative estimate of drug-likeness (QED) is 0.821. The molecule has 6 heteroatoms. The SMILES string of the molecule is Cc1ccc(OCC(=O)N2CCC(NC(=O)c3cccnc3)CC2)c(C(C)(C)C)c1. The average molecular weight is 410 g/mol. The van der Waals surface area contributed by atoms with Crippen LogP contribution in [0.3, 0.4) is 0 Å². The fraction of sp³-hybridized carbons (Fsp3) is 0.458. The molecule has 6 nitrogen and oxygen atoms in total. The summed E-state index contributed by atoms with van der Waals surface area (Å²) in [4.78, 5) is 30.7. The largest absolute Gasteiger partial charge is 0.483 e. The maximum Gasteiger partial charge on any atom is 0.260 e. The van der Waals surface area contributed by atoms with Gasteiger partial charge in [-0.2, -0.15) is 0 Å². The van der Waals surface area contributed by atoms with Crippen LogP contribution in [-0.4, -0.2) is 47.4 Å². The third-order valence-corrected chi connectivity index (χ3v) is 5.40. The molecule has 1 N–H and O–H groups in total. The summed E-state index contributed by atoms with van der Waals surface area (Å²) < 4.78 is 5.92. The molecule has 0 spiro atoms. The van der Waals surface area contributed by atoms with Crippen LogP contribution in [0, 0.1) is 6.92 Å². The molecule has 1 aromatic carbocycles. The van der Waals surface area contributed by atoms with E-state index in [1.165, 1.54) is 5.56 Å². The number of nitrogens with one attached hydrogen (secondary N) is 1. The van der Waals surface area contributed by atoms with Crippen LogP contribution in [0.2, 0.25) is 0 Å². The van der Waals surface area contributed by atoms with Gasteiger partial charge in [-0.15, -0.1) is 0 Å². The molecular weight excluding hydrogens is 378 g/mol. The summed E-state index contributed by atoms with van der Waals surface area (Å²) >= 11 is 0. The van der Waals surface area contributed by atoms with E-state index in [2.05, 4.69) is 44.1 Å². The average Bonchev–Trinajstić information content (AvgIpc) is 2.73. The zero-order valence-electron chi connectivity index (χ0n) is 18.3. The highest BCUT2D eigenvalue weighted by molar-refractivity contribution is 5.94. The Labute approximate surface area is 178 Å². The second-order valence-corrected chi connectivity index (χ2v) is 8.91. The van der Waals surface area contributed by atoms with Crippen molar-refractivity contribution in [2.24, 2.45) is 0 Å². The number of carbonyl (C=O) groups excluding carboxylic acids is 2. The molecule has 0 bridgehead atoms. The Morgan fingerprint density at radius 1 is 1.20 bits per heavy atom. The smallest absolute Gasteiger partial charge is 0.260 e. The Kier molecular flexibility index (Phi) is 6.75. The van der Waals surface area contributed by atoms with E-state index in [-0.39, 0.29) is 29.9 Å². The molecule has 1 saturated heterocycles. The van der Waals surface area contributed by atoms with Crippen molar-refractivity contribution in [3.63, 3.8) is 0 Å². The molecule has 2 heterocycles. The van der Waals surface area contributed by atoms with Crippen LogP contribution in [0.15, 0.2) is 42.7 Å². The van der Waals surface area contributed by atoms with Crippen LogP contribution in [0.5, 0.6) is 5.75 Å². The number of pyridine rings is 1. The number of carbonyl (C=O) groups is 2. The standard InChI is InChI=1S/C24H31N3O3/c1-17-7-8-21(20(14-17)24(2,3)4)30-16-22(28)27-12-9-19(10-13-27)26-23(29)18-6-5-11-25-15-18/h5-8,11,14-15,19H,9-10,12-13,16H2,1-4H3,(H,26,29). The third kappa shape index (κ3) is 5.59. The lowest BCUT2D eigenvalue weighted by molar-refractivity contribution is -0.134. The first-order chi connectivity index (χ1) is 14.2. The summed E-state index contributed by atoms with van der Waals surface area (Å²) in [5.74, 6) is 0.623. The fourth-order valence-corrected chi connectivity index (χ4v) is 3.63. The molecule has 0 atom stereocenters. The number of ether oxygens (including phenoxy) is 1. The lowest BCUT2D eigenvalue weighted by Crippen LogP contribution is -2.47. The van der Waals surface area contributed by atoms with Crippen molar-refractivity contribution in [1.82, 2.24) is 15.2 Å². The van der Waals surface area contributed by atoms with Crippen molar-refractivity contribution in [2.45, 2.75) is 52.0 Å². The number of aromatic nitrogens is 1. The van der Waals surface area contributed by atoms with Gasteiger partial charge in [0.1, 0.15) is 5.75 Å². The summed E-state index contributed by atoms with van der Waals surface area (Å²) in [6, 6.07) is 9.63.